The zero-order valence-corrected chi connectivity index (χ0v) is 10.5. The summed E-state index contributed by atoms with van der Waals surface area (Å²) in [4.78, 5) is 12.9. The van der Waals surface area contributed by atoms with Crippen LogP contribution < -0.4 is 15.4 Å². The van der Waals surface area contributed by atoms with Crippen molar-refractivity contribution < 1.29 is 22.7 Å². The fourth-order valence-corrected chi connectivity index (χ4v) is 1.88. The molecule has 5 nitrogen and oxygen atoms in total. The number of urea groups is 1. The third-order valence-electron chi connectivity index (χ3n) is 2.76. The van der Waals surface area contributed by atoms with Crippen LogP contribution in [0.25, 0.3) is 0 Å². The van der Waals surface area contributed by atoms with E-state index in [2.05, 4.69) is 15.4 Å². The number of carbonyl (C=O) groups is 1. The molecule has 1 saturated heterocycles. The number of nitrogens with one attached hydrogen (secondary N) is 2. The molecule has 1 aromatic rings. The minimum atomic E-state index is -4.73. The van der Waals surface area contributed by atoms with E-state index in [1.807, 2.05) is 0 Å². The highest BCUT2D eigenvalue weighted by atomic mass is 19.4. The molecule has 0 aliphatic carbocycles. The van der Waals surface area contributed by atoms with Gasteiger partial charge < -0.3 is 20.3 Å². The highest BCUT2D eigenvalue weighted by Gasteiger charge is 2.32. The Kier molecular flexibility index (Phi) is 4.21. The predicted octanol–water partition coefficient (Wildman–Crippen LogP) is 2.02. The van der Waals surface area contributed by atoms with E-state index in [9.17, 15) is 18.0 Å². The second-order valence-electron chi connectivity index (χ2n) is 4.19. The SMILES string of the molecule is O=C1NCCN1CCNc1ccccc1OC(F)(F)F. The number of para-hydroxylation sites is 2. The second-order valence-corrected chi connectivity index (χ2v) is 4.19. The van der Waals surface area contributed by atoms with Crippen LogP contribution in [-0.2, 0) is 0 Å². The first-order chi connectivity index (χ1) is 9.46. The average molecular weight is 289 g/mol. The number of rotatable bonds is 5. The molecule has 1 aliphatic heterocycles. The van der Waals surface area contributed by atoms with E-state index in [1.165, 1.54) is 18.2 Å². The molecule has 110 valence electrons. The van der Waals surface area contributed by atoms with Gasteiger partial charge in [0.25, 0.3) is 0 Å². The van der Waals surface area contributed by atoms with Gasteiger partial charge in [0.2, 0.25) is 0 Å². The van der Waals surface area contributed by atoms with Crippen LogP contribution in [0.4, 0.5) is 23.7 Å². The molecule has 2 rings (SSSR count). The Hall–Kier alpha value is -2.12. The molecule has 1 fully saturated rings. The first kappa shape index (κ1) is 14.3. The Morgan fingerprint density at radius 3 is 2.75 bits per heavy atom. The van der Waals surface area contributed by atoms with E-state index in [1.54, 1.807) is 11.0 Å². The first-order valence-electron chi connectivity index (χ1n) is 6.07. The lowest BCUT2D eigenvalue weighted by molar-refractivity contribution is -0.274. The Labute approximate surface area is 113 Å². The number of anilines is 1. The smallest absolute Gasteiger partial charge is 0.404 e. The van der Waals surface area contributed by atoms with Crippen LogP contribution >= 0.6 is 0 Å². The number of alkyl halides is 3. The van der Waals surface area contributed by atoms with Gasteiger partial charge in [0.05, 0.1) is 5.69 Å². The highest BCUT2D eigenvalue weighted by Crippen LogP contribution is 2.29. The van der Waals surface area contributed by atoms with Crippen molar-refractivity contribution in [1.29, 1.82) is 0 Å². The van der Waals surface area contributed by atoms with E-state index >= 15 is 0 Å². The number of benzene rings is 1. The molecule has 1 heterocycles. The summed E-state index contributed by atoms with van der Waals surface area (Å²) in [5.74, 6) is -0.286. The van der Waals surface area contributed by atoms with Gasteiger partial charge in [-0.25, -0.2) is 4.79 Å². The summed E-state index contributed by atoms with van der Waals surface area (Å²) < 4.78 is 40.6. The number of amides is 2. The summed E-state index contributed by atoms with van der Waals surface area (Å²) in [5, 5.41) is 5.48. The molecule has 2 N–H and O–H groups in total. The van der Waals surface area contributed by atoms with Crippen LogP contribution in [0, 0.1) is 0 Å². The van der Waals surface area contributed by atoms with Gasteiger partial charge in [0, 0.05) is 26.2 Å². The summed E-state index contributed by atoms with van der Waals surface area (Å²) in [7, 11) is 0. The minimum Gasteiger partial charge on any atom is -0.404 e. The quantitative estimate of drug-likeness (QED) is 0.872. The molecule has 2 amide bonds. The van der Waals surface area contributed by atoms with Gasteiger partial charge in [0.15, 0.2) is 5.75 Å². The molecule has 0 atom stereocenters. The number of ether oxygens (including phenoxy) is 1. The van der Waals surface area contributed by atoms with Crippen molar-refractivity contribution in [2.45, 2.75) is 6.36 Å². The first-order valence-corrected chi connectivity index (χ1v) is 6.07. The minimum absolute atomic E-state index is 0.161. The van der Waals surface area contributed by atoms with Crippen LogP contribution in [0.5, 0.6) is 5.75 Å². The Balaban J connectivity index is 1.90. The van der Waals surface area contributed by atoms with E-state index in [4.69, 9.17) is 0 Å². The monoisotopic (exact) mass is 289 g/mol. The van der Waals surface area contributed by atoms with Gasteiger partial charge in [-0.05, 0) is 12.1 Å². The van der Waals surface area contributed by atoms with Crippen molar-refractivity contribution in [3.8, 4) is 5.75 Å². The van der Waals surface area contributed by atoms with Crippen LogP contribution in [0.3, 0.4) is 0 Å². The molecule has 0 spiro atoms. The van der Waals surface area contributed by atoms with Crippen LogP contribution in [0.15, 0.2) is 24.3 Å². The molecule has 0 bridgehead atoms. The topological polar surface area (TPSA) is 53.6 Å². The predicted molar refractivity (Wildman–Crippen MR) is 66.6 cm³/mol. The maximum atomic E-state index is 12.2. The molecular weight excluding hydrogens is 275 g/mol. The van der Waals surface area contributed by atoms with Gasteiger partial charge in [-0.1, -0.05) is 12.1 Å². The maximum Gasteiger partial charge on any atom is 0.573 e. The van der Waals surface area contributed by atoms with Crippen molar-refractivity contribution in [1.82, 2.24) is 10.2 Å². The van der Waals surface area contributed by atoms with Crippen LogP contribution in [0.1, 0.15) is 0 Å². The summed E-state index contributed by atoms with van der Waals surface area (Å²) in [6.45, 7) is 1.94. The number of nitrogens with zero attached hydrogens (tertiary/aromatic N) is 1. The van der Waals surface area contributed by atoms with Crippen molar-refractivity contribution >= 4 is 11.7 Å². The highest BCUT2D eigenvalue weighted by molar-refractivity contribution is 5.76. The molecule has 0 aromatic heterocycles. The molecular formula is C12H14F3N3O2. The van der Waals surface area contributed by atoms with Crippen LogP contribution in [-0.4, -0.2) is 43.5 Å². The second kappa shape index (κ2) is 5.89. The lowest BCUT2D eigenvalue weighted by Gasteiger charge is -2.17. The van der Waals surface area contributed by atoms with E-state index in [0.717, 1.165) is 0 Å². The third-order valence-corrected chi connectivity index (χ3v) is 2.76. The Morgan fingerprint density at radius 2 is 2.10 bits per heavy atom. The third kappa shape index (κ3) is 3.94. The summed E-state index contributed by atoms with van der Waals surface area (Å²) in [5.41, 5.74) is 0.240. The van der Waals surface area contributed by atoms with Crippen molar-refractivity contribution in [2.24, 2.45) is 0 Å². The average Bonchev–Trinajstić information content (AvgIpc) is 2.75. The Bertz CT molecular complexity index is 479. The van der Waals surface area contributed by atoms with Gasteiger partial charge in [-0.3, -0.25) is 0 Å². The number of halogens is 3. The van der Waals surface area contributed by atoms with Gasteiger partial charge in [-0.15, -0.1) is 13.2 Å². The van der Waals surface area contributed by atoms with Gasteiger partial charge >= 0.3 is 12.4 Å². The summed E-state index contributed by atoms with van der Waals surface area (Å²) in [6, 6.07) is 5.63. The largest absolute Gasteiger partial charge is 0.573 e. The van der Waals surface area contributed by atoms with Crippen molar-refractivity contribution in [2.75, 3.05) is 31.5 Å². The zero-order valence-electron chi connectivity index (χ0n) is 10.5. The summed E-state index contributed by atoms with van der Waals surface area (Å²) >= 11 is 0. The molecule has 0 radical (unpaired) electrons. The normalized spacial score (nSPS) is 15.2. The van der Waals surface area contributed by atoms with E-state index in [0.29, 0.717) is 26.2 Å². The fourth-order valence-electron chi connectivity index (χ4n) is 1.88. The molecule has 0 unspecified atom stereocenters. The maximum absolute atomic E-state index is 12.2. The van der Waals surface area contributed by atoms with Crippen molar-refractivity contribution in [3.63, 3.8) is 0 Å². The van der Waals surface area contributed by atoms with Crippen molar-refractivity contribution in [3.05, 3.63) is 24.3 Å². The van der Waals surface area contributed by atoms with Gasteiger partial charge in [-0.2, -0.15) is 0 Å². The van der Waals surface area contributed by atoms with Gasteiger partial charge in [0.1, 0.15) is 0 Å². The lowest BCUT2D eigenvalue weighted by Crippen LogP contribution is -2.32. The summed E-state index contributed by atoms with van der Waals surface area (Å²) in [6.07, 6.45) is -4.73. The molecule has 1 aliphatic rings. The van der Waals surface area contributed by atoms with E-state index in [-0.39, 0.29) is 17.5 Å². The number of carbonyl (C=O) groups excluding carboxylic acids is 1. The zero-order chi connectivity index (χ0) is 14.6. The Morgan fingerprint density at radius 1 is 1.35 bits per heavy atom. The molecule has 20 heavy (non-hydrogen) atoms. The molecule has 8 heteroatoms. The number of hydrogen-bond donors (Lipinski definition) is 2. The fraction of sp³-hybridized carbons (Fsp3) is 0.417. The lowest BCUT2D eigenvalue weighted by atomic mass is 10.3. The molecule has 1 aromatic carbocycles. The number of hydrogen-bond acceptors (Lipinski definition) is 3. The van der Waals surface area contributed by atoms with E-state index < -0.39 is 6.36 Å². The standard InChI is InChI=1S/C12H14F3N3O2/c13-12(14,15)20-10-4-2-1-3-9(10)16-5-7-18-8-6-17-11(18)19/h1-4,16H,5-8H2,(H,17,19). The molecule has 0 saturated carbocycles. The van der Waals surface area contributed by atoms with Crippen LogP contribution in [0.2, 0.25) is 0 Å².